The number of nitrogens with zero attached hydrogens (tertiary/aromatic N) is 5. The highest BCUT2D eigenvalue weighted by molar-refractivity contribution is 7.93. The minimum Gasteiger partial charge on any atom is -0.381 e. The van der Waals surface area contributed by atoms with Crippen molar-refractivity contribution in [2.75, 3.05) is 25.0 Å². The second-order valence-corrected chi connectivity index (χ2v) is 9.65. The van der Waals surface area contributed by atoms with Crippen molar-refractivity contribution in [1.82, 2.24) is 24.7 Å². The molecule has 12 heteroatoms. The Morgan fingerprint density at radius 2 is 1.97 bits per heavy atom. The second kappa shape index (κ2) is 8.90. The lowest BCUT2D eigenvalue weighted by atomic mass is 10.1. The molecular weight excluding hydrogens is 420 g/mol. The highest BCUT2D eigenvalue weighted by Crippen LogP contribution is 2.30. The number of ether oxygens (including phenoxy) is 2. The molecule has 3 rings (SSSR count). The molecule has 0 amide bonds. The molecule has 2 aromatic rings. The molecule has 0 aromatic carbocycles. The zero-order valence-electron chi connectivity index (χ0n) is 16.7. The quantitative estimate of drug-likeness (QED) is 0.658. The molecule has 0 saturated carbocycles. The van der Waals surface area contributed by atoms with Crippen molar-refractivity contribution in [3.05, 3.63) is 29.1 Å². The molecule has 1 aliphatic rings. The number of rotatable bonds is 8. The largest absolute Gasteiger partial charge is 0.381 e. The minimum atomic E-state index is -3.89. The van der Waals surface area contributed by atoms with Crippen LogP contribution >= 0.6 is 11.6 Å². The van der Waals surface area contributed by atoms with Gasteiger partial charge in [-0.05, 0) is 27.2 Å². The fourth-order valence-corrected chi connectivity index (χ4v) is 4.49. The first kappa shape index (κ1) is 21.9. The van der Waals surface area contributed by atoms with Crippen LogP contribution in [-0.2, 0) is 19.5 Å². The van der Waals surface area contributed by atoms with Gasteiger partial charge in [0.2, 0.25) is 16.0 Å². The van der Waals surface area contributed by atoms with E-state index in [0.717, 1.165) is 6.42 Å². The lowest BCUT2D eigenvalue weighted by molar-refractivity contribution is 0.0950. The number of sulfonamides is 1. The Bertz CT molecular complexity index is 928. The topological polar surface area (TPSA) is 121 Å². The fraction of sp³-hybridized carbons (Fsp3) is 0.647. The first-order valence-corrected chi connectivity index (χ1v) is 11.2. The molecule has 0 aliphatic carbocycles. The van der Waals surface area contributed by atoms with E-state index in [1.807, 2.05) is 13.8 Å². The molecule has 0 spiro atoms. The van der Waals surface area contributed by atoms with Crippen LogP contribution in [0.3, 0.4) is 0 Å². The number of hydrogen-bond donors (Lipinski definition) is 1. The van der Waals surface area contributed by atoms with Crippen LogP contribution in [0.2, 0.25) is 5.02 Å². The Hall–Kier alpha value is -1.82. The van der Waals surface area contributed by atoms with Gasteiger partial charge in [-0.1, -0.05) is 11.6 Å². The maximum Gasteiger partial charge on any atom is 0.240 e. The van der Waals surface area contributed by atoms with Crippen LogP contribution in [0.15, 0.2) is 12.4 Å². The molecule has 3 atom stereocenters. The summed E-state index contributed by atoms with van der Waals surface area (Å²) in [4.78, 5) is 8.17. The van der Waals surface area contributed by atoms with Crippen LogP contribution < -0.4 is 4.72 Å². The summed E-state index contributed by atoms with van der Waals surface area (Å²) in [6.07, 6.45) is 2.73. The highest BCUT2D eigenvalue weighted by atomic mass is 35.5. The third-order valence-electron chi connectivity index (χ3n) is 4.83. The summed E-state index contributed by atoms with van der Waals surface area (Å²) in [5.74, 6) is 1.20. The van der Waals surface area contributed by atoms with E-state index in [-0.39, 0.29) is 23.7 Å². The third-order valence-corrected chi connectivity index (χ3v) is 6.72. The molecule has 1 saturated heterocycles. The first-order valence-electron chi connectivity index (χ1n) is 9.29. The lowest BCUT2D eigenvalue weighted by Gasteiger charge is -2.23. The van der Waals surface area contributed by atoms with E-state index in [2.05, 4.69) is 24.9 Å². The van der Waals surface area contributed by atoms with E-state index >= 15 is 0 Å². The SMILES string of the molecule is CO[C@H](c1ncc(Cl)cn1)[C@H](C)S(=O)(=O)Nc1nnc([C@@H]2CCOC2)n1C(C)C. The number of aromatic nitrogens is 5. The van der Waals surface area contributed by atoms with E-state index in [4.69, 9.17) is 21.1 Å². The van der Waals surface area contributed by atoms with Crippen LogP contribution in [0.5, 0.6) is 0 Å². The molecule has 1 aliphatic heterocycles. The van der Waals surface area contributed by atoms with Crippen molar-refractivity contribution in [2.24, 2.45) is 0 Å². The zero-order chi connectivity index (χ0) is 21.2. The average Bonchev–Trinajstić information content (AvgIpc) is 3.33. The molecular formula is C17H25ClN6O4S. The molecule has 0 bridgehead atoms. The summed E-state index contributed by atoms with van der Waals surface area (Å²) in [7, 11) is -2.49. The monoisotopic (exact) mass is 444 g/mol. The van der Waals surface area contributed by atoms with Crippen LogP contribution in [0.25, 0.3) is 0 Å². The van der Waals surface area contributed by atoms with Crippen molar-refractivity contribution < 1.29 is 17.9 Å². The van der Waals surface area contributed by atoms with Crippen LogP contribution in [0.1, 0.15) is 56.9 Å². The lowest BCUT2D eigenvalue weighted by Crippen LogP contribution is -2.33. The van der Waals surface area contributed by atoms with E-state index in [0.29, 0.717) is 24.1 Å². The summed E-state index contributed by atoms with van der Waals surface area (Å²) < 4.78 is 41.3. The van der Waals surface area contributed by atoms with Crippen LogP contribution in [-0.4, -0.2) is 58.7 Å². The summed E-state index contributed by atoms with van der Waals surface area (Å²) in [6.45, 7) is 6.63. The Kier molecular flexibility index (Phi) is 6.72. The van der Waals surface area contributed by atoms with Crippen molar-refractivity contribution >= 4 is 27.6 Å². The smallest absolute Gasteiger partial charge is 0.240 e. The number of anilines is 1. The molecule has 3 heterocycles. The molecule has 0 unspecified atom stereocenters. The first-order chi connectivity index (χ1) is 13.7. The minimum absolute atomic E-state index is 0.0357. The van der Waals surface area contributed by atoms with E-state index in [1.165, 1.54) is 26.4 Å². The van der Waals surface area contributed by atoms with Gasteiger partial charge in [0.1, 0.15) is 17.2 Å². The number of halogens is 1. The molecule has 1 N–H and O–H groups in total. The molecule has 29 heavy (non-hydrogen) atoms. The van der Waals surface area contributed by atoms with Crippen LogP contribution in [0, 0.1) is 0 Å². The predicted molar refractivity (Wildman–Crippen MR) is 107 cm³/mol. The van der Waals surface area contributed by atoms with Crippen molar-refractivity contribution in [1.29, 1.82) is 0 Å². The Labute approximate surface area is 175 Å². The van der Waals surface area contributed by atoms with Gasteiger partial charge in [0.25, 0.3) is 0 Å². The van der Waals surface area contributed by atoms with Gasteiger partial charge < -0.3 is 9.47 Å². The van der Waals surface area contributed by atoms with E-state index in [9.17, 15) is 8.42 Å². The van der Waals surface area contributed by atoms with Gasteiger partial charge in [0, 0.05) is 38.1 Å². The highest BCUT2D eigenvalue weighted by Gasteiger charge is 2.35. The Morgan fingerprint density at radius 3 is 2.52 bits per heavy atom. The zero-order valence-corrected chi connectivity index (χ0v) is 18.3. The van der Waals surface area contributed by atoms with Gasteiger partial charge in [0.15, 0.2) is 5.82 Å². The Balaban J connectivity index is 1.87. The maximum atomic E-state index is 13.1. The molecule has 160 valence electrons. The van der Waals surface area contributed by atoms with Crippen molar-refractivity contribution in [2.45, 2.75) is 50.5 Å². The summed E-state index contributed by atoms with van der Waals surface area (Å²) in [5.41, 5.74) is 0. The number of hydrogen-bond acceptors (Lipinski definition) is 8. The number of methoxy groups -OCH3 is 1. The van der Waals surface area contributed by atoms with E-state index < -0.39 is 21.4 Å². The van der Waals surface area contributed by atoms with Gasteiger partial charge >= 0.3 is 0 Å². The third kappa shape index (κ3) is 4.68. The van der Waals surface area contributed by atoms with Gasteiger partial charge in [-0.2, -0.15) is 0 Å². The predicted octanol–water partition coefficient (Wildman–Crippen LogP) is 2.32. The number of nitrogens with one attached hydrogen (secondary N) is 1. The average molecular weight is 445 g/mol. The molecule has 2 aromatic heterocycles. The summed E-state index contributed by atoms with van der Waals surface area (Å²) >= 11 is 5.82. The molecule has 1 fully saturated rings. The normalized spacial score (nSPS) is 19.4. The standard InChI is InChI=1S/C17H25ClN6O4S/c1-10(2)24-16(12-5-6-28-9-12)21-22-17(24)23-29(25,26)11(3)14(27-4)15-19-7-13(18)8-20-15/h7-8,10-12,14H,5-6,9H2,1-4H3,(H,22,23)/t11-,12+,14-/m0/s1. The molecule has 0 radical (unpaired) electrons. The summed E-state index contributed by atoms with van der Waals surface area (Å²) in [6, 6.07) is -0.0357. The maximum absolute atomic E-state index is 13.1. The Morgan fingerprint density at radius 1 is 1.28 bits per heavy atom. The van der Waals surface area contributed by atoms with Crippen molar-refractivity contribution in [3.63, 3.8) is 0 Å². The summed E-state index contributed by atoms with van der Waals surface area (Å²) in [5, 5.41) is 7.68. The van der Waals surface area contributed by atoms with Gasteiger partial charge in [0.05, 0.1) is 11.6 Å². The van der Waals surface area contributed by atoms with Crippen LogP contribution in [0.4, 0.5) is 5.95 Å². The fourth-order valence-electron chi connectivity index (χ4n) is 3.26. The van der Waals surface area contributed by atoms with E-state index in [1.54, 1.807) is 4.57 Å². The van der Waals surface area contributed by atoms with Gasteiger partial charge in [-0.3, -0.25) is 9.29 Å². The molecule has 10 nitrogen and oxygen atoms in total. The van der Waals surface area contributed by atoms with Gasteiger partial charge in [-0.15, -0.1) is 10.2 Å². The second-order valence-electron chi connectivity index (χ2n) is 7.17. The van der Waals surface area contributed by atoms with Gasteiger partial charge in [-0.25, -0.2) is 18.4 Å². The van der Waals surface area contributed by atoms with Crippen molar-refractivity contribution in [3.8, 4) is 0 Å².